The number of hydrogen-bond donors (Lipinski definition) is 7. The first-order valence-corrected chi connectivity index (χ1v) is 18.7. The van der Waals surface area contributed by atoms with Gasteiger partial charge in [0.05, 0.1) is 18.8 Å². The molecule has 2 aliphatic rings. The molecule has 0 aliphatic heterocycles. The van der Waals surface area contributed by atoms with Crippen LogP contribution >= 0.6 is 0 Å². The van der Waals surface area contributed by atoms with Crippen molar-refractivity contribution >= 4 is 5.82 Å². The molecule has 2 aliphatic carbocycles. The smallest absolute Gasteiger partial charge is 0.161 e. The lowest BCUT2D eigenvalue weighted by Crippen LogP contribution is -2.43. The number of nitrogens with one attached hydrogen (secondary N) is 1. The summed E-state index contributed by atoms with van der Waals surface area (Å²) in [6.07, 6.45) is 11.7. The number of aliphatic hydroxyl groups excluding tert-OH is 4. The molecule has 1 aromatic carbocycles. The van der Waals surface area contributed by atoms with E-state index in [1.807, 2.05) is 24.4 Å². The van der Waals surface area contributed by atoms with Crippen molar-refractivity contribution in [1.29, 1.82) is 0 Å². The molecule has 7 atom stereocenters. The van der Waals surface area contributed by atoms with Gasteiger partial charge in [-0.25, -0.2) is 4.98 Å². The minimum Gasteiger partial charge on any atom is -0.504 e. The topological polar surface area (TPSA) is 165 Å². The molecular formula is C41H57N3O6. The Morgan fingerprint density at radius 3 is 2.58 bits per heavy atom. The third-order valence-corrected chi connectivity index (χ3v) is 11.3. The number of nitrogens with two attached hydrogens (primary N) is 1. The van der Waals surface area contributed by atoms with Crippen molar-refractivity contribution in [3.63, 3.8) is 0 Å². The molecule has 5 rings (SSSR count). The Kier molecular flexibility index (Phi) is 13.6. The minimum atomic E-state index is -1.21. The number of aryl methyl sites for hydroxylation is 1. The predicted molar refractivity (Wildman–Crippen MR) is 196 cm³/mol. The Bertz CT molecular complexity index is 1530. The number of phenols is 1. The Balaban J connectivity index is 1.37. The van der Waals surface area contributed by atoms with E-state index in [1.165, 1.54) is 0 Å². The van der Waals surface area contributed by atoms with Gasteiger partial charge >= 0.3 is 0 Å². The van der Waals surface area contributed by atoms with Crippen LogP contribution in [0.3, 0.4) is 0 Å². The van der Waals surface area contributed by atoms with Crippen LogP contribution in [0.15, 0.2) is 54.9 Å². The maximum Gasteiger partial charge on any atom is 0.161 e. The second-order valence-corrected chi connectivity index (χ2v) is 14.6. The minimum absolute atomic E-state index is 0.0746. The van der Waals surface area contributed by atoms with Crippen molar-refractivity contribution in [2.24, 2.45) is 11.8 Å². The highest BCUT2D eigenvalue weighted by molar-refractivity contribution is 5.43. The number of benzene rings is 1. The molecule has 2 heterocycles. The second kappa shape index (κ2) is 18.1. The first-order chi connectivity index (χ1) is 24.2. The zero-order valence-electron chi connectivity index (χ0n) is 29.5. The van der Waals surface area contributed by atoms with Gasteiger partial charge in [0.25, 0.3) is 0 Å². The van der Waals surface area contributed by atoms with Crippen molar-refractivity contribution < 1.29 is 30.3 Å². The molecule has 9 heteroatoms. The van der Waals surface area contributed by atoms with Crippen molar-refractivity contribution in [2.45, 2.75) is 133 Å². The van der Waals surface area contributed by atoms with Crippen molar-refractivity contribution in [3.8, 4) is 23.3 Å². The van der Waals surface area contributed by atoms with E-state index in [-0.39, 0.29) is 28.7 Å². The summed E-state index contributed by atoms with van der Waals surface area (Å²) in [7, 11) is 0. The van der Waals surface area contributed by atoms with Crippen molar-refractivity contribution in [1.82, 2.24) is 9.97 Å². The van der Waals surface area contributed by atoms with Crippen LogP contribution in [-0.4, -0.2) is 66.5 Å². The zero-order chi connectivity index (χ0) is 35.5. The number of rotatable bonds is 14. The molecule has 272 valence electrons. The second-order valence-electron chi connectivity index (χ2n) is 14.6. The number of nitrogens with zero attached hydrogens (tertiary/aromatic N) is 1. The van der Waals surface area contributed by atoms with E-state index in [1.54, 1.807) is 24.4 Å². The largest absolute Gasteiger partial charge is 0.504 e. The van der Waals surface area contributed by atoms with E-state index in [0.29, 0.717) is 43.8 Å². The van der Waals surface area contributed by atoms with Crippen LogP contribution in [0.1, 0.15) is 113 Å². The van der Waals surface area contributed by atoms with Gasteiger partial charge in [-0.2, -0.15) is 0 Å². The number of ether oxygens (including phenoxy) is 1. The Morgan fingerprint density at radius 1 is 1.06 bits per heavy atom. The van der Waals surface area contributed by atoms with Gasteiger partial charge < -0.3 is 41.0 Å². The Hall–Kier alpha value is -3.55. The molecule has 3 aromatic rings. The first kappa shape index (κ1) is 37.7. The third-order valence-electron chi connectivity index (χ3n) is 11.3. The van der Waals surface area contributed by atoms with Crippen LogP contribution in [0.5, 0.6) is 11.5 Å². The Labute approximate surface area is 297 Å². The summed E-state index contributed by atoms with van der Waals surface area (Å²) in [4.78, 5) is 7.72. The highest BCUT2D eigenvalue weighted by Gasteiger charge is 2.45. The highest BCUT2D eigenvalue weighted by Crippen LogP contribution is 2.51. The lowest BCUT2D eigenvalue weighted by atomic mass is 9.60. The molecule has 50 heavy (non-hydrogen) atoms. The number of pyridine rings is 1. The van der Waals surface area contributed by atoms with Gasteiger partial charge in [0, 0.05) is 41.8 Å². The SMILES string of the molecule is CC[C@@H]1C#CC[C@H]([C@H](O)CCc2ccc(O)c(O[C@H](C[C@H](c3ccnc(N)c3)C3(c4ccc[nH]4)CCCCC3)[C@H](O)CO)c2)[C@@H](O)CCCC1. The zero-order valence-corrected chi connectivity index (χ0v) is 29.5. The maximum absolute atomic E-state index is 11.2. The van der Waals surface area contributed by atoms with Crippen LogP contribution in [-0.2, 0) is 11.8 Å². The van der Waals surface area contributed by atoms with Crippen LogP contribution < -0.4 is 10.5 Å². The van der Waals surface area contributed by atoms with Gasteiger partial charge in [0.2, 0.25) is 0 Å². The molecule has 0 bridgehead atoms. The summed E-state index contributed by atoms with van der Waals surface area (Å²) in [6.45, 7) is 1.64. The lowest BCUT2D eigenvalue weighted by molar-refractivity contribution is -0.0138. The fourth-order valence-electron chi connectivity index (χ4n) is 8.31. The number of phenolic OH excluding ortho intramolecular Hbond substituents is 1. The summed E-state index contributed by atoms with van der Waals surface area (Å²) >= 11 is 0. The third kappa shape index (κ3) is 9.41. The fourth-order valence-corrected chi connectivity index (χ4v) is 8.31. The van der Waals surface area contributed by atoms with E-state index in [2.05, 4.69) is 34.8 Å². The van der Waals surface area contributed by atoms with Gasteiger partial charge in [0.15, 0.2) is 11.5 Å². The summed E-state index contributed by atoms with van der Waals surface area (Å²) < 4.78 is 6.45. The van der Waals surface area contributed by atoms with Crippen molar-refractivity contribution in [2.75, 3.05) is 12.3 Å². The van der Waals surface area contributed by atoms with Gasteiger partial charge in [-0.3, -0.25) is 0 Å². The molecule has 1 fully saturated rings. The summed E-state index contributed by atoms with van der Waals surface area (Å²) in [6, 6.07) is 13.1. The molecular weight excluding hydrogens is 630 g/mol. The number of H-pyrrole nitrogens is 1. The van der Waals surface area contributed by atoms with Crippen LogP contribution in [0.25, 0.3) is 0 Å². The normalized spacial score (nSPS) is 23.5. The summed E-state index contributed by atoms with van der Waals surface area (Å²) in [5.41, 5.74) is 8.86. The number of aliphatic hydroxyl groups is 4. The van der Waals surface area contributed by atoms with E-state index >= 15 is 0 Å². The number of aromatic amines is 1. The van der Waals surface area contributed by atoms with Gasteiger partial charge in [0.1, 0.15) is 18.0 Å². The molecule has 0 amide bonds. The standard InChI is InChI=1S/C41H57N3O6/c1-2-28-10-4-5-13-33(46)31(12-8-11-28)34(47)17-15-29-16-18-35(48)37(24-29)50-38(36(49)27-45)26-32(30-19-23-44-40(42)25-30)41(20-6-3-7-21-41)39-14-9-22-43-39/h9,14,16,18-19,22-25,28,31-34,36,38,43,45-49H,2-7,10,12-13,15,17,20-21,26-27H2,1H3,(H2,42,44)/t28-,31-,32+,33-,34+,36+,38+/m0/s1. The summed E-state index contributed by atoms with van der Waals surface area (Å²) in [5, 5.41) is 54.5. The first-order valence-electron chi connectivity index (χ1n) is 18.7. The molecule has 2 aromatic heterocycles. The average Bonchev–Trinajstić information content (AvgIpc) is 3.69. The quantitative estimate of drug-likeness (QED) is 0.0994. The highest BCUT2D eigenvalue weighted by atomic mass is 16.5. The van der Waals surface area contributed by atoms with E-state index in [0.717, 1.165) is 74.6 Å². The van der Waals surface area contributed by atoms with E-state index in [9.17, 15) is 25.5 Å². The molecule has 9 nitrogen and oxygen atoms in total. The number of nitrogen functional groups attached to an aromatic ring is 1. The predicted octanol–water partition coefficient (Wildman–Crippen LogP) is 6.14. The average molecular weight is 688 g/mol. The maximum atomic E-state index is 11.2. The van der Waals surface area contributed by atoms with Crippen LogP contribution in [0, 0.1) is 23.7 Å². The van der Waals surface area contributed by atoms with E-state index in [4.69, 9.17) is 10.5 Å². The molecule has 0 spiro atoms. The number of anilines is 1. The molecule has 0 radical (unpaired) electrons. The van der Waals surface area contributed by atoms with Gasteiger partial charge in [-0.15, -0.1) is 5.92 Å². The molecule has 8 N–H and O–H groups in total. The molecule has 0 unspecified atom stereocenters. The molecule has 0 saturated heterocycles. The van der Waals surface area contributed by atoms with Gasteiger partial charge in [-0.1, -0.05) is 51.0 Å². The fraction of sp³-hybridized carbons (Fsp3) is 0.585. The van der Waals surface area contributed by atoms with Crippen LogP contribution in [0.4, 0.5) is 5.82 Å². The number of hydrogen-bond acceptors (Lipinski definition) is 8. The monoisotopic (exact) mass is 687 g/mol. The van der Waals surface area contributed by atoms with Crippen molar-refractivity contribution in [3.05, 3.63) is 71.7 Å². The van der Waals surface area contributed by atoms with E-state index < -0.39 is 31.0 Å². The summed E-state index contributed by atoms with van der Waals surface area (Å²) in [5.74, 6) is 7.04. The number of aromatic nitrogens is 2. The Morgan fingerprint density at radius 2 is 1.86 bits per heavy atom. The van der Waals surface area contributed by atoms with Gasteiger partial charge in [-0.05, 0) is 105 Å². The van der Waals surface area contributed by atoms with Crippen LogP contribution in [0.2, 0.25) is 0 Å². The lowest BCUT2D eigenvalue weighted by Gasteiger charge is -2.45. The number of aromatic hydroxyl groups is 1. The molecule has 1 saturated carbocycles.